The van der Waals surface area contributed by atoms with Crippen molar-refractivity contribution >= 4 is 33.3 Å². The normalized spacial score (nSPS) is 22.6. The van der Waals surface area contributed by atoms with Gasteiger partial charge in [0.2, 0.25) is 10.0 Å². The summed E-state index contributed by atoms with van der Waals surface area (Å²) in [5.74, 6) is 0.225. The second kappa shape index (κ2) is 10.9. The van der Waals surface area contributed by atoms with Crippen LogP contribution in [0.25, 0.3) is 0 Å². The van der Waals surface area contributed by atoms with Gasteiger partial charge in [0, 0.05) is 43.1 Å². The Bertz CT molecular complexity index is 1160. The van der Waals surface area contributed by atoms with Gasteiger partial charge in [0.05, 0.1) is 16.4 Å². The number of carbonyl (C=O) groups is 1. The average Bonchev–Trinajstić information content (AvgIpc) is 2.88. The Morgan fingerprint density at radius 1 is 1.20 bits per heavy atom. The molecule has 2 amide bonds. The zero-order chi connectivity index (χ0) is 24.9. The van der Waals surface area contributed by atoms with Crippen molar-refractivity contribution in [1.29, 1.82) is 5.26 Å². The van der Waals surface area contributed by atoms with E-state index in [1.807, 2.05) is 6.07 Å². The number of benzene rings is 1. The summed E-state index contributed by atoms with van der Waals surface area (Å²) in [5.41, 5.74) is 0.857. The molecule has 1 aromatic heterocycles. The number of aromatic nitrogens is 1. The van der Waals surface area contributed by atoms with Crippen LogP contribution in [0.2, 0.25) is 0 Å². The first kappa shape index (κ1) is 25.4. The Labute approximate surface area is 211 Å². The third kappa shape index (κ3) is 5.95. The predicted molar refractivity (Wildman–Crippen MR) is 134 cm³/mol. The van der Waals surface area contributed by atoms with Gasteiger partial charge in [-0.15, -0.1) is 11.6 Å². The van der Waals surface area contributed by atoms with Gasteiger partial charge >= 0.3 is 6.03 Å². The van der Waals surface area contributed by atoms with E-state index >= 15 is 0 Å². The number of rotatable bonds is 6. The topological polar surface area (TPSA) is 115 Å². The molecule has 1 saturated heterocycles. The molecule has 0 spiro atoms. The van der Waals surface area contributed by atoms with Crippen molar-refractivity contribution in [3.63, 3.8) is 0 Å². The molecule has 186 valence electrons. The van der Waals surface area contributed by atoms with Crippen molar-refractivity contribution in [3.05, 3.63) is 54.4 Å². The summed E-state index contributed by atoms with van der Waals surface area (Å²) in [5, 5.41) is 15.5. The molecular weight excluding hydrogens is 486 g/mol. The van der Waals surface area contributed by atoms with Crippen molar-refractivity contribution in [3.8, 4) is 6.07 Å². The molecular formula is C25H30ClN5O3S. The lowest BCUT2D eigenvalue weighted by Crippen LogP contribution is -2.46. The molecule has 2 aromatic rings. The summed E-state index contributed by atoms with van der Waals surface area (Å²) in [6.07, 6.45) is 8.19. The molecule has 0 radical (unpaired) electrons. The summed E-state index contributed by atoms with van der Waals surface area (Å²) in [6.45, 7) is 0.962. The van der Waals surface area contributed by atoms with E-state index in [2.05, 4.69) is 21.7 Å². The minimum absolute atomic E-state index is 0.102. The number of nitrogens with one attached hydrogen (secondary N) is 2. The minimum Gasteiger partial charge on any atom is -0.334 e. The fraction of sp³-hybridized carbons (Fsp3) is 0.480. The standard InChI is InChI=1S/C25H30ClN5O3S/c26-21-5-1-4-20(15-21)25(18-27)10-13-31(14-11-25)35(33,34)23-8-6-22(7-9-23)30-24(32)29-17-19-3-2-12-28-16-19/h2-3,6-9,12,16,20-21H,1,4-5,10-11,13-15,17H2,(H2,29,30,32). The number of halogens is 1. The van der Waals surface area contributed by atoms with E-state index in [0.29, 0.717) is 38.2 Å². The molecule has 10 heteroatoms. The number of anilines is 1. The molecule has 1 aromatic carbocycles. The fourth-order valence-corrected chi connectivity index (χ4v) is 6.90. The summed E-state index contributed by atoms with van der Waals surface area (Å²) < 4.78 is 27.9. The lowest BCUT2D eigenvalue weighted by Gasteiger charge is -2.43. The molecule has 2 unspecified atom stereocenters. The van der Waals surface area contributed by atoms with E-state index in [-0.39, 0.29) is 16.2 Å². The maximum absolute atomic E-state index is 13.2. The molecule has 2 atom stereocenters. The van der Waals surface area contributed by atoms with Crippen molar-refractivity contribution in [2.75, 3.05) is 18.4 Å². The summed E-state index contributed by atoms with van der Waals surface area (Å²) in [7, 11) is -3.69. The highest BCUT2D eigenvalue weighted by Gasteiger charge is 2.45. The van der Waals surface area contributed by atoms with Gasteiger partial charge in [-0.3, -0.25) is 4.98 Å². The monoisotopic (exact) mass is 515 g/mol. The highest BCUT2D eigenvalue weighted by Crippen LogP contribution is 2.46. The van der Waals surface area contributed by atoms with Crippen LogP contribution in [0, 0.1) is 22.7 Å². The van der Waals surface area contributed by atoms with Crippen LogP contribution in [0.1, 0.15) is 44.1 Å². The lowest BCUT2D eigenvalue weighted by atomic mass is 9.65. The first-order valence-electron chi connectivity index (χ1n) is 11.9. The number of nitriles is 1. The van der Waals surface area contributed by atoms with Crippen molar-refractivity contribution < 1.29 is 13.2 Å². The number of pyridine rings is 1. The van der Waals surface area contributed by atoms with Crippen LogP contribution in [-0.2, 0) is 16.6 Å². The first-order chi connectivity index (χ1) is 16.8. The highest BCUT2D eigenvalue weighted by atomic mass is 35.5. The second-order valence-electron chi connectivity index (χ2n) is 9.33. The van der Waals surface area contributed by atoms with E-state index in [1.54, 1.807) is 30.6 Å². The summed E-state index contributed by atoms with van der Waals surface area (Å²) >= 11 is 6.37. The maximum atomic E-state index is 13.2. The number of amides is 2. The molecule has 1 aliphatic heterocycles. The molecule has 8 nitrogen and oxygen atoms in total. The van der Waals surface area contributed by atoms with Crippen molar-refractivity contribution in [2.24, 2.45) is 11.3 Å². The van der Waals surface area contributed by atoms with Gasteiger partial charge in [-0.25, -0.2) is 13.2 Å². The lowest BCUT2D eigenvalue weighted by molar-refractivity contribution is 0.108. The van der Waals surface area contributed by atoms with Crippen LogP contribution in [0.5, 0.6) is 0 Å². The third-order valence-corrected chi connectivity index (χ3v) is 9.46. The van der Waals surface area contributed by atoms with Crippen molar-refractivity contribution in [2.45, 2.75) is 55.3 Å². The van der Waals surface area contributed by atoms with Crippen LogP contribution in [0.15, 0.2) is 53.7 Å². The predicted octanol–water partition coefficient (Wildman–Crippen LogP) is 4.50. The van der Waals surface area contributed by atoms with Gasteiger partial charge in [-0.1, -0.05) is 12.5 Å². The van der Waals surface area contributed by atoms with Gasteiger partial charge in [0.15, 0.2) is 0 Å². The molecule has 2 aliphatic rings. The van der Waals surface area contributed by atoms with E-state index in [0.717, 1.165) is 31.2 Å². The molecule has 1 aliphatic carbocycles. The third-order valence-electron chi connectivity index (χ3n) is 7.15. The SMILES string of the molecule is N#CC1(C2CCCC(Cl)C2)CCN(S(=O)(=O)c2ccc(NC(=O)NCc3cccnc3)cc2)CC1. The fourth-order valence-electron chi connectivity index (χ4n) is 5.09. The van der Waals surface area contributed by atoms with Crippen LogP contribution in [0.4, 0.5) is 10.5 Å². The first-order valence-corrected chi connectivity index (χ1v) is 13.8. The second-order valence-corrected chi connectivity index (χ2v) is 11.9. The smallest absolute Gasteiger partial charge is 0.319 e. The Hall–Kier alpha value is -2.67. The quantitative estimate of drug-likeness (QED) is 0.550. The molecule has 2 heterocycles. The largest absolute Gasteiger partial charge is 0.334 e. The summed E-state index contributed by atoms with van der Waals surface area (Å²) in [6, 6.07) is 11.9. The number of nitrogens with zero attached hydrogens (tertiary/aromatic N) is 3. The van der Waals surface area contributed by atoms with E-state index in [9.17, 15) is 18.5 Å². The van der Waals surface area contributed by atoms with E-state index < -0.39 is 21.5 Å². The Kier molecular flexibility index (Phi) is 7.95. The van der Waals surface area contributed by atoms with E-state index in [4.69, 9.17) is 11.6 Å². The number of urea groups is 1. The molecule has 2 N–H and O–H groups in total. The van der Waals surface area contributed by atoms with Crippen LogP contribution >= 0.6 is 11.6 Å². The van der Waals surface area contributed by atoms with Gasteiger partial charge in [-0.05, 0) is 73.9 Å². The Morgan fingerprint density at radius 3 is 2.57 bits per heavy atom. The zero-order valence-corrected chi connectivity index (χ0v) is 21.1. The van der Waals surface area contributed by atoms with Gasteiger partial charge < -0.3 is 10.6 Å². The Morgan fingerprint density at radius 2 is 1.94 bits per heavy atom. The minimum atomic E-state index is -3.69. The molecule has 4 rings (SSSR count). The number of piperidine rings is 1. The van der Waals surface area contributed by atoms with Gasteiger partial charge in [-0.2, -0.15) is 9.57 Å². The van der Waals surface area contributed by atoms with E-state index in [1.165, 1.54) is 16.4 Å². The number of sulfonamides is 1. The number of hydrogen-bond donors (Lipinski definition) is 2. The van der Waals surface area contributed by atoms with Gasteiger partial charge in [0.25, 0.3) is 0 Å². The van der Waals surface area contributed by atoms with Crippen LogP contribution in [-0.4, -0.2) is 42.2 Å². The molecule has 1 saturated carbocycles. The average molecular weight is 516 g/mol. The molecule has 2 fully saturated rings. The number of hydrogen-bond acceptors (Lipinski definition) is 5. The van der Waals surface area contributed by atoms with Crippen LogP contribution in [0.3, 0.4) is 0 Å². The Balaban J connectivity index is 1.34. The summed E-state index contributed by atoms with van der Waals surface area (Å²) in [4.78, 5) is 16.3. The maximum Gasteiger partial charge on any atom is 0.319 e. The number of carbonyl (C=O) groups excluding carboxylic acids is 1. The van der Waals surface area contributed by atoms with Crippen molar-refractivity contribution in [1.82, 2.24) is 14.6 Å². The highest BCUT2D eigenvalue weighted by molar-refractivity contribution is 7.89. The van der Waals surface area contributed by atoms with Crippen LogP contribution < -0.4 is 10.6 Å². The number of alkyl halides is 1. The zero-order valence-electron chi connectivity index (χ0n) is 19.5. The van der Waals surface area contributed by atoms with Gasteiger partial charge in [0.1, 0.15) is 0 Å². The molecule has 0 bridgehead atoms. The molecule has 35 heavy (non-hydrogen) atoms.